The quantitative estimate of drug-likeness (QED) is 0.558. The van der Waals surface area contributed by atoms with Crippen LogP contribution in [-0.4, -0.2) is 38.2 Å². The molecular weight excluding hydrogens is 242 g/mol. The van der Waals surface area contributed by atoms with Crippen LogP contribution in [0, 0.1) is 0 Å². The highest BCUT2D eigenvalue weighted by molar-refractivity contribution is 5.88. The van der Waals surface area contributed by atoms with E-state index in [1.54, 1.807) is 14.0 Å². The Morgan fingerprint density at radius 3 is 2.79 bits per heavy atom. The number of carbonyl (C=O) groups is 1. The van der Waals surface area contributed by atoms with Crippen LogP contribution in [0.15, 0.2) is 36.4 Å². The lowest BCUT2D eigenvalue weighted by Crippen LogP contribution is -2.24. The maximum Gasteiger partial charge on any atom is 0.334 e. The minimum absolute atomic E-state index is 0.333. The molecule has 0 aliphatic carbocycles. The molecule has 0 aliphatic rings. The molecule has 0 saturated carbocycles. The van der Waals surface area contributed by atoms with Crippen molar-refractivity contribution in [3.8, 4) is 5.75 Å². The number of hydrogen-bond acceptors (Lipinski definition) is 4. The van der Waals surface area contributed by atoms with Gasteiger partial charge in [-0.1, -0.05) is 18.7 Å². The zero-order valence-electron chi connectivity index (χ0n) is 11.8. The first-order valence-corrected chi connectivity index (χ1v) is 6.23. The Kier molecular flexibility index (Phi) is 6.09. The number of nitrogens with zero attached hydrogens (tertiary/aromatic N) is 1. The van der Waals surface area contributed by atoms with Gasteiger partial charge in [0, 0.05) is 18.7 Å². The van der Waals surface area contributed by atoms with Crippen LogP contribution in [0.3, 0.4) is 0 Å². The Hall–Kier alpha value is -1.81. The summed E-state index contributed by atoms with van der Waals surface area (Å²) in [5.41, 5.74) is 1.59. The van der Waals surface area contributed by atoms with Crippen LogP contribution < -0.4 is 4.74 Å². The molecular formula is C15H21NO3. The average Bonchev–Trinajstić information content (AvgIpc) is 2.39. The van der Waals surface area contributed by atoms with E-state index in [0.717, 1.165) is 17.9 Å². The molecule has 0 spiro atoms. The molecule has 0 heterocycles. The zero-order chi connectivity index (χ0) is 14.3. The number of rotatable bonds is 7. The van der Waals surface area contributed by atoms with E-state index in [0.29, 0.717) is 18.7 Å². The van der Waals surface area contributed by atoms with Gasteiger partial charge < -0.3 is 9.47 Å². The first kappa shape index (κ1) is 15.2. The standard InChI is InChI=1S/C15H21NO3/c1-5-19-15(17)12(2)10-16(3)11-13-7-6-8-14(9-13)18-4/h6-9H,2,5,10-11H2,1,3-4H3. The van der Waals surface area contributed by atoms with E-state index in [9.17, 15) is 4.79 Å². The molecule has 0 aromatic heterocycles. The third kappa shape index (κ3) is 5.14. The highest BCUT2D eigenvalue weighted by Gasteiger charge is 2.10. The van der Waals surface area contributed by atoms with Gasteiger partial charge in [-0.15, -0.1) is 0 Å². The topological polar surface area (TPSA) is 38.8 Å². The normalized spacial score (nSPS) is 10.3. The molecule has 0 aliphatic heterocycles. The summed E-state index contributed by atoms with van der Waals surface area (Å²) in [4.78, 5) is 13.5. The van der Waals surface area contributed by atoms with E-state index in [-0.39, 0.29) is 5.97 Å². The van der Waals surface area contributed by atoms with Crippen molar-refractivity contribution in [1.82, 2.24) is 4.90 Å². The summed E-state index contributed by atoms with van der Waals surface area (Å²) >= 11 is 0. The maximum absolute atomic E-state index is 11.5. The number of hydrogen-bond donors (Lipinski definition) is 0. The summed E-state index contributed by atoms with van der Waals surface area (Å²) in [5, 5.41) is 0. The lowest BCUT2D eigenvalue weighted by molar-refractivity contribution is -0.138. The number of likely N-dealkylation sites (N-methyl/N-ethyl adjacent to an activating group) is 1. The maximum atomic E-state index is 11.5. The molecule has 0 radical (unpaired) electrons. The summed E-state index contributed by atoms with van der Waals surface area (Å²) in [6, 6.07) is 7.85. The van der Waals surface area contributed by atoms with Crippen molar-refractivity contribution < 1.29 is 14.3 Å². The second-order valence-electron chi connectivity index (χ2n) is 4.35. The van der Waals surface area contributed by atoms with Crippen LogP contribution in [-0.2, 0) is 16.1 Å². The van der Waals surface area contributed by atoms with Crippen LogP contribution in [0.5, 0.6) is 5.75 Å². The molecule has 0 bridgehead atoms. The van der Waals surface area contributed by atoms with Crippen LogP contribution in [0.25, 0.3) is 0 Å². The molecule has 104 valence electrons. The molecule has 0 fully saturated rings. The van der Waals surface area contributed by atoms with Gasteiger partial charge in [0.25, 0.3) is 0 Å². The Bertz CT molecular complexity index is 443. The number of ether oxygens (including phenoxy) is 2. The summed E-state index contributed by atoms with van der Waals surface area (Å²) in [6.07, 6.45) is 0. The minimum atomic E-state index is -0.333. The first-order chi connectivity index (χ1) is 9.06. The Morgan fingerprint density at radius 1 is 1.42 bits per heavy atom. The van der Waals surface area contributed by atoms with E-state index < -0.39 is 0 Å². The predicted molar refractivity (Wildman–Crippen MR) is 75.1 cm³/mol. The van der Waals surface area contributed by atoms with Gasteiger partial charge >= 0.3 is 5.97 Å². The van der Waals surface area contributed by atoms with Gasteiger partial charge in [0.1, 0.15) is 5.75 Å². The first-order valence-electron chi connectivity index (χ1n) is 6.23. The smallest absolute Gasteiger partial charge is 0.334 e. The van der Waals surface area contributed by atoms with E-state index in [1.165, 1.54) is 0 Å². The summed E-state index contributed by atoms with van der Waals surface area (Å²) in [6.45, 7) is 7.10. The van der Waals surface area contributed by atoms with Crippen LogP contribution in [0.1, 0.15) is 12.5 Å². The van der Waals surface area contributed by atoms with Crippen LogP contribution in [0.2, 0.25) is 0 Å². The van der Waals surface area contributed by atoms with Crippen molar-refractivity contribution in [3.63, 3.8) is 0 Å². The van der Waals surface area contributed by atoms with Gasteiger partial charge in [0.05, 0.1) is 13.7 Å². The summed E-state index contributed by atoms with van der Waals surface area (Å²) in [7, 11) is 3.58. The van der Waals surface area contributed by atoms with Gasteiger partial charge in [0.2, 0.25) is 0 Å². The molecule has 0 atom stereocenters. The summed E-state index contributed by atoms with van der Waals surface area (Å²) < 4.78 is 10.1. The van der Waals surface area contributed by atoms with Gasteiger partial charge in [0.15, 0.2) is 0 Å². The van der Waals surface area contributed by atoms with E-state index >= 15 is 0 Å². The summed E-state index contributed by atoms with van der Waals surface area (Å²) in [5.74, 6) is 0.495. The lowest BCUT2D eigenvalue weighted by Gasteiger charge is -2.17. The molecule has 0 unspecified atom stereocenters. The van der Waals surface area contributed by atoms with E-state index in [4.69, 9.17) is 9.47 Å². The van der Waals surface area contributed by atoms with Gasteiger partial charge in [-0.2, -0.15) is 0 Å². The van der Waals surface area contributed by atoms with Crippen LogP contribution >= 0.6 is 0 Å². The van der Waals surface area contributed by atoms with Gasteiger partial charge in [-0.05, 0) is 31.7 Å². The Balaban J connectivity index is 2.52. The largest absolute Gasteiger partial charge is 0.497 e. The molecule has 4 heteroatoms. The van der Waals surface area contributed by atoms with Crippen molar-refractivity contribution in [1.29, 1.82) is 0 Å². The lowest BCUT2D eigenvalue weighted by atomic mass is 10.2. The Labute approximate surface area is 114 Å². The second kappa shape index (κ2) is 7.59. The predicted octanol–water partition coefficient (Wildman–Crippen LogP) is 2.25. The second-order valence-corrected chi connectivity index (χ2v) is 4.35. The fourth-order valence-corrected chi connectivity index (χ4v) is 1.76. The minimum Gasteiger partial charge on any atom is -0.497 e. The SMILES string of the molecule is C=C(CN(C)Cc1cccc(OC)c1)C(=O)OCC. The molecule has 19 heavy (non-hydrogen) atoms. The molecule has 0 saturated heterocycles. The fraction of sp³-hybridized carbons (Fsp3) is 0.400. The van der Waals surface area contributed by atoms with Crippen molar-refractivity contribution in [2.45, 2.75) is 13.5 Å². The van der Waals surface area contributed by atoms with E-state index in [2.05, 4.69) is 6.58 Å². The highest BCUT2D eigenvalue weighted by Crippen LogP contribution is 2.14. The number of benzene rings is 1. The molecule has 0 N–H and O–H groups in total. The monoisotopic (exact) mass is 263 g/mol. The molecule has 1 rings (SSSR count). The van der Waals surface area contributed by atoms with Crippen molar-refractivity contribution >= 4 is 5.97 Å². The number of esters is 1. The average molecular weight is 263 g/mol. The van der Waals surface area contributed by atoms with Gasteiger partial charge in [-0.25, -0.2) is 4.79 Å². The van der Waals surface area contributed by atoms with Crippen molar-refractivity contribution in [3.05, 3.63) is 42.0 Å². The number of carbonyl (C=O) groups excluding carboxylic acids is 1. The molecule has 1 aromatic carbocycles. The fourth-order valence-electron chi connectivity index (χ4n) is 1.76. The molecule has 0 amide bonds. The Morgan fingerprint density at radius 2 is 2.16 bits per heavy atom. The van der Waals surface area contributed by atoms with Crippen molar-refractivity contribution in [2.24, 2.45) is 0 Å². The van der Waals surface area contributed by atoms with Gasteiger partial charge in [-0.3, -0.25) is 4.90 Å². The highest BCUT2D eigenvalue weighted by atomic mass is 16.5. The van der Waals surface area contributed by atoms with Crippen molar-refractivity contribution in [2.75, 3.05) is 27.3 Å². The zero-order valence-corrected chi connectivity index (χ0v) is 11.8. The molecule has 4 nitrogen and oxygen atoms in total. The third-order valence-electron chi connectivity index (χ3n) is 2.61. The third-order valence-corrected chi connectivity index (χ3v) is 2.61. The van der Waals surface area contributed by atoms with E-state index in [1.807, 2.05) is 36.2 Å². The van der Waals surface area contributed by atoms with Crippen LogP contribution in [0.4, 0.5) is 0 Å². The number of methoxy groups -OCH3 is 1. The molecule has 1 aromatic rings.